The number of nitrogens with zero attached hydrogens (tertiary/aromatic N) is 1. The van der Waals surface area contributed by atoms with Gasteiger partial charge < -0.3 is 5.32 Å². The Kier molecular flexibility index (Phi) is 3.86. The van der Waals surface area contributed by atoms with E-state index in [1.807, 2.05) is 0 Å². The van der Waals surface area contributed by atoms with Crippen LogP contribution in [0.15, 0.2) is 0 Å². The number of piperazine rings is 1. The summed E-state index contributed by atoms with van der Waals surface area (Å²) in [5, 5.41) is 3.28. The lowest BCUT2D eigenvalue weighted by Crippen LogP contribution is -2.46. The fourth-order valence-electron chi connectivity index (χ4n) is 3.10. The molecule has 1 saturated heterocycles. The van der Waals surface area contributed by atoms with Crippen LogP contribution in [0.1, 0.15) is 25.7 Å². The lowest BCUT2D eigenvalue weighted by atomic mass is 10.0. The Labute approximate surface area is 116 Å². The molecular weight excluding hydrogens is 262 g/mol. The molecule has 0 bridgehead atoms. The summed E-state index contributed by atoms with van der Waals surface area (Å²) in [6, 6.07) is 0. The van der Waals surface area contributed by atoms with Crippen molar-refractivity contribution in [2.75, 3.05) is 45.0 Å². The molecule has 3 aliphatic rings. The molecule has 2 saturated carbocycles. The van der Waals surface area contributed by atoms with Crippen LogP contribution in [-0.4, -0.2) is 58.3 Å². The summed E-state index contributed by atoms with van der Waals surface area (Å²) in [5.41, 5.74) is 0.349. The largest absolute Gasteiger partial charge is 0.314 e. The predicted octanol–water partition coefficient (Wildman–Crippen LogP) is 0.00120. The van der Waals surface area contributed by atoms with Crippen molar-refractivity contribution >= 4 is 10.0 Å². The normalized spacial score (nSPS) is 27.4. The van der Waals surface area contributed by atoms with Gasteiger partial charge in [-0.1, -0.05) is 0 Å². The van der Waals surface area contributed by atoms with Gasteiger partial charge in [0.25, 0.3) is 0 Å². The Hall–Kier alpha value is -0.170. The lowest BCUT2D eigenvalue weighted by molar-refractivity contribution is 0.253. The van der Waals surface area contributed by atoms with E-state index in [-0.39, 0.29) is 5.75 Å². The number of nitrogens with one attached hydrogen (secondary N) is 2. The first kappa shape index (κ1) is 13.8. The van der Waals surface area contributed by atoms with Gasteiger partial charge in [0.2, 0.25) is 10.0 Å². The molecule has 0 radical (unpaired) electrons. The summed E-state index contributed by atoms with van der Waals surface area (Å²) in [5.74, 6) is 1.05. The molecule has 1 aliphatic heterocycles. The van der Waals surface area contributed by atoms with Crippen LogP contribution in [0.3, 0.4) is 0 Å². The molecule has 19 heavy (non-hydrogen) atoms. The van der Waals surface area contributed by atoms with Gasteiger partial charge in [0, 0.05) is 39.3 Å². The molecule has 0 aromatic rings. The van der Waals surface area contributed by atoms with Crippen molar-refractivity contribution in [2.24, 2.45) is 11.3 Å². The zero-order valence-electron chi connectivity index (χ0n) is 11.5. The van der Waals surface area contributed by atoms with Gasteiger partial charge in [0.05, 0.1) is 5.75 Å². The van der Waals surface area contributed by atoms with Crippen LogP contribution in [0.5, 0.6) is 0 Å². The monoisotopic (exact) mass is 287 g/mol. The van der Waals surface area contributed by atoms with Crippen molar-refractivity contribution in [1.82, 2.24) is 14.9 Å². The van der Waals surface area contributed by atoms with E-state index in [1.165, 1.54) is 25.7 Å². The van der Waals surface area contributed by atoms with Gasteiger partial charge in [-0.25, -0.2) is 13.1 Å². The van der Waals surface area contributed by atoms with Gasteiger partial charge in [-0.05, 0) is 37.0 Å². The lowest BCUT2D eigenvalue weighted by Gasteiger charge is -2.27. The molecule has 0 aromatic carbocycles. The SMILES string of the molecule is O=S(=O)(CCN1CCNCC1)NCC1(C2CC2)CC1. The van der Waals surface area contributed by atoms with E-state index in [0.29, 0.717) is 18.5 Å². The molecule has 3 fully saturated rings. The highest BCUT2D eigenvalue weighted by atomic mass is 32.2. The maximum atomic E-state index is 12.0. The fraction of sp³-hybridized carbons (Fsp3) is 1.00. The van der Waals surface area contributed by atoms with Gasteiger partial charge in [-0.2, -0.15) is 0 Å². The van der Waals surface area contributed by atoms with Gasteiger partial charge in [0.15, 0.2) is 0 Å². The molecule has 2 N–H and O–H groups in total. The molecule has 0 unspecified atom stereocenters. The molecule has 6 heteroatoms. The van der Waals surface area contributed by atoms with Crippen LogP contribution in [-0.2, 0) is 10.0 Å². The number of rotatable bonds is 7. The third-order valence-corrected chi connectivity index (χ3v) is 6.17. The van der Waals surface area contributed by atoms with Crippen molar-refractivity contribution in [3.8, 4) is 0 Å². The summed E-state index contributed by atoms with van der Waals surface area (Å²) in [6.45, 7) is 5.20. The zero-order valence-corrected chi connectivity index (χ0v) is 12.3. The van der Waals surface area contributed by atoms with Crippen LogP contribution in [0.4, 0.5) is 0 Å². The molecule has 2 aliphatic carbocycles. The minimum atomic E-state index is -3.09. The molecule has 0 atom stereocenters. The predicted molar refractivity (Wildman–Crippen MR) is 75.5 cm³/mol. The van der Waals surface area contributed by atoms with Crippen LogP contribution in [0, 0.1) is 11.3 Å². The standard InChI is InChI=1S/C13H25N3O2S/c17-19(18,10-9-16-7-5-14-6-8-16)15-11-13(3-4-13)12-1-2-12/h12,14-15H,1-11H2. The molecule has 1 heterocycles. The first-order valence-corrected chi connectivity index (χ1v) is 9.15. The quantitative estimate of drug-likeness (QED) is 0.692. The highest BCUT2D eigenvalue weighted by Crippen LogP contribution is 2.60. The van der Waals surface area contributed by atoms with Crippen molar-refractivity contribution in [1.29, 1.82) is 0 Å². The van der Waals surface area contributed by atoms with Gasteiger partial charge in [-0.15, -0.1) is 0 Å². The maximum absolute atomic E-state index is 12.0. The van der Waals surface area contributed by atoms with Gasteiger partial charge in [-0.3, -0.25) is 4.90 Å². The zero-order chi connectivity index (χ0) is 13.3. The Bertz CT molecular complexity index is 410. The topological polar surface area (TPSA) is 61.4 Å². The molecular formula is C13H25N3O2S. The smallest absolute Gasteiger partial charge is 0.212 e. The van der Waals surface area contributed by atoms with E-state index >= 15 is 0 Å². The average molecular weight is 287 g/mol. The first-order valence-electron chi connectivity index (χ1n) is 7.50. The van der Waals surface area contributed by atoms with Crippen LogP contribution in [0.2, 0.25) is 0 Å². The summed E-state index contributed by atoms with van der Waals surface area (Å²) >= 11 is 0. The van der Waals surface area contributed by atoms with Gasteiger partial charge >= 0.3 is 0 Å². The minimum absolute atomic E-state index is 0.244. The summed E-state index contributed by atoms with van der Waals surface area (Å²) in [7, 11) is -3.09. The Morgan fingerprint density at radius 1 is 1.21 bits per heavy atom. The average Bonchev–Trinajstić information content (AvgIpc) is 3.28. The molecule has 0 spiro atoms. The van der Waals surface area contributed by atoms with Gasteiger partial charge in [0.1, 0.15) is 0 Å². The van der Waals surface area contributed by atoms with Crippen molar-refractivity contribution < 1.29 is 8.42 Å². The summed E-state index contributed by atoms with van der Waals surface area (Å²) < 4.78 is 26.9. The third kappa shape index (κ3) is 3.68. The second kappa shape index (κ2) is 5.31. The van der Waals surface area contributed by atoms with Crippen LogP contribution >= 0.6 is 0 Å². The molecule has 0 aromatic heterocycles. The minimum Gasteiger partial charge on any atom is -0.314 e. The second-order valence-electron chi connectivity index (χ2n) is 6.37. The summed E-state index contributed by atoms with van der Waals surface area (Å²) in [6.07, 6.45) is 5.06. The maximum Gasteiger partial charge on any atom is 0.212 e. The van der Waals surface area contributed by atoms with E-state index < -0.39 is 10.0 Å². The molecule has 5 nitrogen and oxygen atoms in total. The second-order valence-corrected chi connectivity index (χ2v) is 8.29. The number of hydrogen-bond donors (Lipinski definition) is 2. The van der Waals surface area contributed by atoms with E-state index in [4.69, 9.17) is 0 Å². The third-order valence-electron chi connectivity index (χ3n) is 4.87. The number of sulfonamides is 1. The Morgan fingerprint density at radius 2 is 1.89 bits per heavy atom. The van der Waals surface area contributed by atoms with Crippen LogP contribution < -0.4 is 10.0 Å². The Morgan fingerprint density at radius 3 is 2.47 bits per heavy atom. The summed E-state index contributed by atoms with van der Waals surface area (Å²) in [4.78, 5) is 2.23. The highest BCUT2D eigenvalue weighted by Gasteiger charge is 2.53. The molecule has 3 rings (SSSR count). The highest BCUT2D eigenvalue weighted by molar-refractivity contribution is 7.89. The van der Waals surface area contributed by atoms with Crippen molar-refractivity contribution in [3.05, 3.63) is 0 Å². The Balaban J connectivity index is 1.41. The van der Waals surface area contributed by atoms with E-state index in [0.717, 1.165) is 32.1 Å². The van der Waals surface area contributed by atoms with E-state index in [1.54, 1.807) is 0 Å². The van der Waals surface area contributed by atoms with Crippen molar-refractivity contribution in [3.63, 3.8) is 0 Å². The van der Waals surface area contributed by atoms with E-state index in [2.05, 4.69) is 14.9 Å². The number of hydrogen-bond acceptors (Lipinski definition) is 4. The van der Waals surface area contributed by atoms with Crippen molar-refractivity contribution in [2.45, 2.75) is 25.7 Å². The van der Waals surface area contributed by atoms with E-state index in [9.17, 15) is 8.42 Å². The molecule has 110 valence electrons. The fourth-order valence-corrected chi connectivity index (χ4v) is 4.25. The first-order chi connectivity index (χ1) is 9.10. The molecule has 0 amide bonds. The van der Waals surface area contributed by atoms with Crippen LogP contribution in [0.25, 0.3) is 0 Å².